The third-order valence-corrected chi connectivity index (χ3v) is 7.56. The second-order valence-corrected chi connectivity index (χ2v) is 10.6. The molecule has 0 aliphatic carbocycles. The quantitative estimate of drug-likeness (QED) is 0.267. The molecule has 0 saturated carbocycles. The summed E-state index contributed by atoms with van der Waals surface area (Å²) in [5.41, 5.74) is 9.44. The van der Waals surface area contributed by atoms with E-state index in [1.807, 2.05) is 30.3 Å². The van der Waals surface area contributed by atoms with Crippen molar-refractivity contribution in [3.8, 4) is 0 Å². The summed E-state index contributed by atoms with van der Waals surface area (Å²) in [6, 6.07) is 12.3. The number of hydrogen-bond acceptors (Lipinski definition) is 5. The maximum atomic E-state index is 12.9. The van der Waals surface area contributed by atoms with E-state index >= 15 is 0 Å². The van der Waals surface area contributed by atoms with Gasteiger partial charge >= 0.3 is 0 Å². The Labute approximate surface area is 209 Å². The van der Waals surface area contributed by atoms with Crippen molar-refractivity contribution < 1.29 is 8.42 Å². The molecule has 0 amide bonds. The van der Waals surface area contributed by atoms with Gasteiger partial charge in [-0.2, -0.15) is 5.10 Å². The van der Waals surface area contributed by atoms with E-state index in [4.69, 9.17) is 45.6 Å². The van der Waals surface area contributed by atoms with Gasteiger partial charge in [0.05, 0.1) is 34.9 Å². The SMILES string of the molecule is C/C(Cl)=C\C=C(/CCl)N1N=C(CNS(=O)(=O)c2c(C)cccc2Cl)CC1c1ccc(N)cc1. The molecule has 0 radical (unpaired) electrons. The number of nitrogens with zero attached hydrogens (tertiary/aromatic N) is 2. The predicted molar refractivity (Wildman–Crippen MR) is 137 cm³/mol. The lowest BCUT2D eigenvalue weighted by atomic mass is 10.0. The molecular formula is C23H25Cl3N4O2S. The molecule has 33 heavy (non-hydrogen) atoms. The van der Waals surface area contributed by atoms with E-state index in [9.17, 15) is 8.42 Å². The van der Waals surface area contributed by atoms with E-state index in [1.54, 1.807) is 43.1 Å². The number of anilines is 1. The highest BCUT2D eigenvalue weighted by atomic mass is 35.5. The van der Waals surface area contributed by atoms with E-state index in [0.717, 1.165) is 11.3 Å². The number of nitrogens with two attached hydrogens (primary N) is 1. The first kappa shape index (κ1) is 25.6. The first-order chi connectivity index (χ1) is 15.6. The van der Waals surface area contributed by atoms with E-state index in [-0.39, 0.29) is 28.4 Å². The summed E-state index contributed by atoms with van der Waals surface area (Å²) in [7, 11) is -3.83. The molecule has 1 atom stereocenters. The van der Waals surface area contributed by atoms with Crippen LogP contribution < -0.4 is 10.5 Å². The standard InChI is InChI=1S/C23H25Cl3N4O2S/c1-15-4-3-5-21(26)23(15)33(31,32)28-14-19-12-22(17-7-9-18(27)10-8-17)30(29-19)20(13-24)11-6-16(2)25/h3-11,22,28H,12-14,27H2,1-2H3/b16-6+,20-11+. The van der Waals surface area contributed by atoms with Crippen LogP contribution in [0, 0.1) is 6.92 Å². The van der Waals surface area contributed by atoms with Gasteiger partial charge in [-0.1, -0.05) is 47.5 Å². The van der Waals surface area contributed by atoms with Crippen molar-refractivity contribution in [1.29, 1.82) is 0 Å². The second-order valence-electron chi connectivity index (χ2n) is 7.65. The average Bonchev–Trinajstić information content (AvgIpc) is 3.17. The number of aryl methyl sites for hydroxylation is 1. The topological polar surface area (TPSA) is 87.8 Å². The first-order valence-electron chi connectivity index (χ1n) is 10.2. The predicted octanol–water partition coefficient (Wildman–Crippen LogP) is 5.58. The summed E-state index contributed by atoms with van der Waals surface area (Å²) in [6.07, 6.45) is 4.06. The molecule has 0 spiro atoms. The number of nitrogen functional groups attached to an aromatic ring is 1. The van der Waals surface area contributed by atoms with Gasteiger partial charge in [-0.3, -0.25) is 5.01 Å². The molecule has 1 aliphatic rings. The van der Waals surface area contributed by atoms with Crippen LogP contribution in [0.25, 0.3) is 0 Å². The number of halogens is 3. The van der Waals surface area contributed by atoms with Crippen LogP contribution in [-0.4, -0.2) is 31.6 Å². The number of sulfonamides is 1. The van der Waals surface area contributed by atoms with Gasteiger partial charge in [-0.15, -0.1) is 11.6 Å². The summed E-state index contributed by atoms with van der Waals surface area (Å²) >= 11 is 18.4. The van der Waals surface area contributed by atoms with Crippen LogP contribution in [0.15, 0.2) is 75.3 Å². The van der Waals surface area contributed by atoms with Crippen LogP contribution in [0.4, 0.5) is 5.69 Å². The molecule has 176 valence electrons. The largest absolute Gasteiger partial charge is 0.399 e. The number of rotatable bonds is 8. The Balaban J connectivity index is 1.89. The van der Waals surface area contributed by atoms with Crippen LogP contribution in [0.3, 0.4) is 0 Å². The molecule has 6 nitrogen and oxygen atoms in total. The number of hydrazone groups is 1. The van der Waals surface area contributed by atoms with Gasteiger partial charge in [0.15, 0.2) is 0 Å². The number of nitrogens with one attached hydrogen (secondary N) is 1. The Morgan fingerprint density at radius 2 is 1.94 bits per heavy atom. The molecule has 3 N–H and O–H groups in total. The highest BCUT2D eigenvalue weighted by molar-refractivity contribution is 7.89. The molecule has 0 saturated heterocycles. The van der Waals surface area contributed by atoms with E-state index < -0.39 is 10.0 Å². The minimum Gasteiger partial charge on any atom is -0.399 e. The highest BCUT2D eigenvalue weighted by Gasteiger charge is 2.31. The van der Waals surface area contributed by atoms with Crippen LogP contribution in [0.2, 0.25) is 5.02 Å². The fraction of sp³-hybridized carbons (Fsp3) is 0.261. The lowest BCUT2D eigenvalue weighted by Gasteiger charge is -2.25. The molecule has 2 aromatic carbocycles. The number of hydrogen-bond donors (Lipinski definition) is 2. The van der Waals surface area contributed by atoms with E-state index in [1.165, 1.54) is 0 Å². The lowest BCUT2D eigenvalue weighted by molar-refractivity contribution is 0.301. The van der Waals surface area contributed by atoms with Gasteiger partial charge in [-0.05, 0) is 55.3 Å². The Hall–Kier alpha value is -2.03. The summed E-state index contributed by atoms with van der Waals surface area (Å²) < 4.78 is 28.5. The Morgan fingerprint density at radius 3 is 2.55 bits per heavy atom. The van der Waals surface area contributed by atoms with Gasteiger partial charge in [0.1, 0.15) is 4.90 Å². The Morgan fingerprint density at radius 1 is 1.24 bits per heavy atom. The zero-order valence-corrected chi connectivity index (χ0v) is 21.3. The maximum absolute atomic E-state index is 12.9. The van der Waals surface area contributed by atoms with E-state index in [2.05, 4.69) is 4.72 Å². The highest BCUT2D eigenvalue weighted by Crippen LogP contribution is 2.35. The van der Waals surface area contributed by atoms with Crippen molar-refractivity contribution in [3.63, 3.8) is 0 Å². The summed E-state index contributed by atoms with van der Waals surface area (Å²) in [4.78, 5) is 0.0706. The fourth-order valence-corrected chi connectivity index (χ4v) is 5.64. The van der Waals surface area contributed by atoms with Crippen molar-refractivity contribution in [2.45, 2.75) is 31.2 Å². The van der Waals surface area contributed by atoms with Crippen molar-refractivity contribution >= 4 is 56.2 Å². The van der Waals surface area contributed by atoms with Crippen molar-refractivity contribution in [3.05, 3.63) is 81.5 Å². The molecule has 1 aliphatic heterocycles. The molecule has 0 aromatic heterocycles. The van der Waals surface area contributed by atoms with Gasteiger partial charge in [-0.25, -0.2) is 13.1 Å². The second kappa shape index (κ2) is 10.9. The smallest absolute Gasteiger partial charge is 0.242 e. The maximum Gasteiger partial charge on any atom is 0.242 e. The van der Waals surface area contributed by atoms with E-state index in [0.29, 0.717) is 28.4 Å². The molecule has 1 unspecified atom stereocenters. The van der Waals surface area contributed by atoms with Crippen molar-refractivity contribution in [1.82, 2.24) is 9.73 Å². The first-order valence-corrected chi connectivity index (χ1v) is 12.9. The minimum absolute atomic E-state index is 0.0366. The lowest BCUT2D eigenvalue weighted by Crippen LogP contribution is -2.30. The van der Waals surface area contributed by atoms with Crippen molar-refractivity contribution in [2.75, 3.05) is 18.2 Å². The van der Waals surface area contributed by atoms with Crippen LogP contribution in [0.5, 0.6) is 0 Å². The summed E-state index contributed by atoms with van der Waals surface area (Å²) in [6.45, 7) is 3.51. The molecule has 10 heteroatoms. The third-order valence-electron chi connectivity index (χ3n) is 5.13. The van der Waals surface area contributed by atoms with Gasteiger partial charge in [0.25, 0.3) is 0 Å². The summed E-state index contributed by atoms with van der Waals surface area (Å²) in [5.74, 6) is 0.202. The number of alkyl halides is 1. The monoisotopic (exact) mass is 526 g/mol. The van der Waals surface area contributed by atoms with Crippen molar-refractivity contribution in [2.24, 2.45) is 5.10 Å². The van der Waals surface area contributed by atoms with Crippen LogP contribution in [0.1, 0.15) is 30.5 Å². The third kappa shape index (κ3) is 6.31. The Kier molecular flexibility index (Phi) is 8.48. The summed E-state index contributed by atoms with van der Waals surface area (Å²) in [5, 5.41) is 7.28. The molecule has 1 heterocycles. The number of allylic oxidation sites excluding steroid dienone is 4. The minimum atomic E-state index is -3.83. The zero-order valence-electron chi connectivity index (χ0n) is 18.2. The molecule has 0 bridgehead atoms. The van der Waals surface area contributed by atoms with Gasteiger partial charge in [0.2, 0.25) is 10.0 Å². The van der Waals surface area contributed by atoms with Crippen LogP contribution >= 0.6 is 34.8 Å². The van der Waals surface area contributed by atoms with Crippen LogP contribution in [-0.2, 0) is 10.0 Å². The molecule has 2 aromatic rings. The zero-order chi connectivity index (χ0) is 24.2. The average molecular weight is 528 g/mol. The number of benzene rings is 2. The fourth-order valence-electron chi connectivity index (χ4n) is 3.52. The van der Waals surface area contributed by atoms with Gasteiger partial charge in [0, 0.05) is 17.1 Å². The van der Waals surface area contributed by atoms with Gasteiger partial charge < -0.3 is 5.73 Å². The molecule has 3 rings (SSSR count). The Bertz CT molecular complexity index is 1180. The molecule has 0 fully saturated rings. The normalized spacial score (nSPS) is 17.4. The molecular weight excluding hydrogens is 503 g/mol.